The van der Waals surface area contributed by atoms with Gasteiger partial charge in [-0.2, -0.15) is 0 Å². The second-order valence-electron chi connectivity index (χ2n) is 4.35. The van der Waals surface area contributed by atoms with Crippen LogP contribution in [0.4, 0.5) is 4.39 Å². The molecule has 1 N–H and O–H groups in total. The molecule has 0 aromatic heterocycles. The predicted molar refractivity (Wildman–Crippen MR) is 62.9 cm³/mol. The van der Waals surface area contributed by atoms with E-state index >= 15 is 0 Å². The zero-order valence-electron chi connectivity index (χ0n) is 9.83. The number of rotatable bonds is 6. The highest BCUT2D eigenvalue weighted by molar-refractivity contribution is 5.97. The van der Waals surface area contributed by atoms with Gasteiger partial charge in [0.05, 0.1) is 13.2 Å². The van der Waals surface area contributed by atoms with Crippen LogP contribution in [0.1, 0.15) is 23.2 Å². The molecular formula is C13H16FNO2. The molecule has 0 radical (unpaired) electrons. The Bertz CT molecular complexity index is 416. The van der Waals surface area contributed by atoms with E-state index in [4.69, 9.17) is 4.74 Å². The van der Waals surface area contributed by atoms with Crippen molar-refractivity contribution in [2.24, 2.45) is 5.92 Å². The van der Waals surface area contributed by atoms with Crippen LogP contribution in [-0.4, -0.2) is 26.0 Å². The Hall–Kier alpha value is -1.42. The van der Waals surface area contributed by atoms with Crippen molar-refractivity contribution >= 4 is 5.78 Å². The highest BCUT2D eigenvalue weighted by Crippen LogP contribution is 2.30. The Morgan fingerprint density at radius 2 is 2.29 bits per heavy atom. The van der Waals surface area contributed by atoms with Gasteiger partial charge >= 0.3 is 0 Å². The molecular weight excluding hydrogens is 221 g/mol. The van der Waals surface area contributed by atoms with Crippen molar-refractivity contribution in [2.45, 2.75) is 12.8 Å². The fraction of sp³-hybridized carbons (Fsp3) is 0.462. The summed E-state index contributed by atoms with van der Waals surface area (Å²) in [6.07, 6.45) is 2.33. The van der Waals surface area contributed by atoms with E-state index in [1.807, 2.05) is 0 Å². The average molecular weight is 237 g/mol. The summed E-state index contributed by atoms with van der Waals surface area (Å²) in [6, 6.07) is 4.37. The molecule has 0 spiro atoms. The number of carbonyl (C=O) groups excluding carboxylic acids is 1. The molecule has 1 aromatic rings. The molecule has 4 heteroatoms. The van der Waals surface area contributed by atoms with E-state index in [1.165, 1.54) is 25.0 Å². The third kappa shape index (κ3) is 3.27. The summed E-state index contributed by atoms with van der Waals surface area (Å²) in [5.74, 6) is 0.227. The summed E-state index contributed by atoms with van der Waals surface area (Å²) in [6.45, 7) is 0.780. The van der Waals surface area contributed by atoms with Gasteiger partial charge in [0.25, 0.3) is 0 Å². The Labute approximate surface area is 100.0 Å². The Morgan fingerprint density at radius 1 is 1.53 bits per heavy atom. The average Bonchev–Trinajstić information content (AvgIpc) is 3.11. The van der Waals surface area contributed by atoms with E-state index in [-0.39, 0.29) is 18.1 Å². The van der Waals surface area contributed by atoms with Gasteiger partial charge in [0.15, 0.2) is 17.3 Å². The number of ketones is 1. The largest absolute Gasteiger partial charge is 0.490 e. The number of hydrogen-bond donors (Lipinski definition) is 1. The van der Waals surface area contributed by atoms with E-state index in [9.17, 15) is 9.18 Å². The lowest BCUT2D eigenvalue weighted by Gasteiger charge is -2.07. The number of benzene rings is 1. The zero-order chi connectivity index (χ0) is 12.3. The first-order valence-corrected chi connectivity index (χ1v) is 5.81. The summed E-state index contributed by atoms with van der Waals surface area (Å²) in [5.41, 5.74) is 0.371. The van der Waals surface area contributed by atoms with Crippen molar-refractivity contribution in [1.82, 2.24) is 5.32 Å². The number of carbonyl (C=O) groups is 1. The fourth-order valence-corrected chi connectivity index (χ4v) is 1.55. The van der Waals surface area contributed by atoms with E-state index in [2.05, 4.69) is 5.32 Å². The number of halogens is 1. The molecule has 1 aliphatic carbocycles. The van der Waals surface area contributed by atoms with Crippen molar-refractivity contribution in [3.05, 3.63) is 29.6 Å². The number of nitrogens with one attached hydrogen (secondary N) is 1. The quantitative estimate of drug-likeness (QED) is 0.769. The van der Waals surface area contributed by atoms with Gasteiger partial charge in [0, 0.05) is 5.56 Å². The molecule has 3 nitrogen and oxygen atoms in total. The molecule has 0 bridgehead atoms. The van der Waals surface area contributed by atoms with Crippen LogP contribution in [0.3, 0.4) is 0 Å². The third-order valence-corrected chi connectivity index (χ3v) is 2.76. The molecule has 1 aromatic carbocycles. The highest BCUT2D eigenvalue weighted by Gasteiger charge is 2.22. The molecule has 0 atom stereocenters. The first kappa shape index (κ1) is 12.0. The topological polar surface area (TPSA) is 38.3 Å². The summed E-state index contributed by atoms with van der Waals surface area (Å²) >= 11 is 0. The van der Waals surface area contributed by atoms with Crippen LogP contribution in [-0.2, 0) is 0 Å². The summed E-state index contributed by atoms with van der Waals surface area (Å²) in [7, 11) is 1.68. The summed E-state index contributed by atoms with van der Waals surface area (Å²) < 4.78 is 19.0. The molecule has 1 fully saturated rings. The molecule has 0 heterocycles. The Kier molecular flexibility index (Phi) is 3.74. The molecule has 2 rings (SSSR count). The van der Waals surface area contributed by atoms with Gasteiger partial charge in [0.2, 0.25) is 0 Å². The molecule has 0 aliphatic heterocycles. The van der Waals surface area contributed by atoms with Crippen molar-refractivity contribution in [3.8, 4) is 5.75 Å². The maximum Gasteiger partial charge on any atom is 0.176 e. The Balaban J connectivity index is 2.01. The van der Waals surface area contributed by atoms with Gasteiger partial charge in [-0.05, 0) is 44.0 Å². The standard InChI is InChI=1S/C13H16FNO2/c1-15-7-12(16)10-4-5-13(11(14)6-10)17-8-9-2-3-9/h4-6,9,15H,2-3,7-8H2,1H3. The van der Waals surface area contributed by atoms with Crippen LogP contribution < -0.4 is 10.1 Å². The number of likely N-dealkylation sites (N-methyl/N-ethyl adjacent to an activating group) is 1. The lowest BCUT2D eigenvalue weighted by molar-refractivity contribution is 0.0993. The lowest BCUT2D eigenvalue weighted by Crippen LogP contribution is -2.18. The van der Waals surface area contributed by atoms with Crippen LogP contribution in [0.15, 0.2) is 18.2 Å². The minimum atomic E-state index is -0.465. The van der Waals surface area contributed by atoms with Crippen LogP contribution in [0.5, 0.6) is 5.75 Å². The van der Waals surface area contributed by atoms with Crippen molar-refractivity contribution in [2.75, 3.05) is 20.2 Å². The van der Waals surface area contributed by atoms with E-state index < -0.39 is 5.82 Å². The molecule has 0 saturated heterocycles. The van der Waals surface area contributed by atoms with Crippen LogP contribution in [0.25, 0.3) is 0 Å². The van der Waals surface area contributed by atoms with Gasteiger partial charge < -0.3 is 10.1 Å². The minimum Gasteiger partial charge on any atom is -0.490 e. The molecule has 1 saturated carbocycles. The summed E-state index contributed by atoms with van der Waals surface area (Å²) in [4.78, 5) is 11.5. The first-order chi connectivity index (χ1) is 8.20. The zero-order valence-corrected chi connectivity index (χ0v) is 9.83. The van der Waals surface area contributed by atoms with Crippen LogP contribution in [0, 0.1) is 11.7 Å². The molecule has 0 amide bonds. The molecule has 92 valence electrons. The normalized spacial score (nSPS) is 14.7. The van der Waals surface area contributed by atoms with Gasteiger partial charge in [-0.15, -0.1) is 0 Å². The van der Waals surface area contributed by atoms with Crippen molar-refractivity contribution < 1.29 is 13.9 Å². The smallest absolute Gasteiger partial charge is 0.176 e. The number of ether oxygens (including phenoxy) is 1. The van der Waals surface area contributed by atoms with Gasteiger partial charge in [-0.1, -0.05) is 0 Å². The number of hydrogen-bond acceptors (Lipinski definition) is 3. The SMILES string of the molecule is CNCC(=O)c1ccc(OCC2CC2)c(F)c1. The molecule has 1 aliphatic rings. The second kappa shape index (κ2) is 5.27. The lowest BCUT2D eigenvalue weighted by atomic mass is 10.1. The Morgan fingerprint density at radius 3 is 2.88 bits per heavy atom. The minimum absolute atomic E-state index is 0.125. The highest BCUT2D eigenvalue weighted by atomic mass is 19.1. The molecule has 17 heavy (non-hydrogen) atoms. The fourth-order valence-electron chi connectivity index (χ4n) is 1.55. The predicted octanol–water partition coefficient (Wildman–Crippen LogP) is 2.02. The van der Waals surface area contributed by atoms with Crippen LogP contribution >= 0.6 is 0 Å². The second-order valence-corrected chi connectivity index (χ2v) is 4.35. The maximum absolute atomic E-state index is 13.6. The van der Waals surface area contributed by atoms with Gasteiger partial charge in [0.1, 0.15) is 0 Å². The summed E-state index contributed by atoms with van der Waals surface area (Å²) in [5, 5.41) is 2.75. The van der Waals surface area contributed by atoms with E-state index in [0.717, 1.165) is 0 Å². The number of Topliss-reactive ketones (excluding diaryl/α,β-unsaturated/α-hetero) is 1. The van der Waals surface area contributed by atoms with Crippen LogP contribution in [0.2, 0.25) is 0 Å². The van der Waals surface area contributed by atoms with Gasteiger partial charge in [-0.25, -0.2) is 4.39 Å². The van der Waals surface area contributed by atoms with Gasteiger partial charge in [-0.3, -0.25) is 4.79 Å². The van der Waals surface area contributed by atoms with E-state index in [1.54, 1.807) is 13.1 Å². The van der Waals surface area contributed by atoms with E-state index in [0.29, 0.717) is 18.1 Å². The maximum atomic E-state index is 13.6. The first-order valence-electron chi connectivity index (χ1n) is 5.81. The van der Waals surface area contributed by atoms with Crippen molar-refractivity contribution in [1.29, 1.82) is 0 Å². The third-order valence-electron chi connectivity index (χ3n) is 2.76. The van der Waals surface area contributed by atoms with Crippen molar-refractivity contribution in [3.63, 3.8) is 0 Å². The molecule has 0 unspecified atom stereocenters. The monoisotopic (exact) mass is 237 g/mol.